The number of carbonyl (C=O) groups excluding carboxylic acids is 1. The number of likely N-dealkylation sites (tertiary alicyclic amines) is 1. The summed E-state index contributed by atoms with van der Waals surface area (Å²) in [6.45, 7) is 4.33. The van der Waals surface area contributed by atoms with Crippen molar-refractivity contribution < 1.29 is 14.3 Å². The Morgan fingerprint density at radius 1 is 1.04 bits per heavy atom. The molecule has 1 fully saturated rings. The maximum Gasteiger partial charge on any atom is 0.222 e. The van der Waals surface area contributed by atoms with E-state index in [1.807, 2.05) is 54.3 Å². The van der Waals surface area contributed by atoms with Crippen LogP contribution >= 0.6 is 12.4 Å². The van der Waals surface area contributed by atoms with E-state index in [2.05, 4.69) is 12.1 Å². The molecule has 1 heterocycles. The van der Waals surface area contributed by atoms with Crippen LogP contribution in [0.5, 0.6) is 11.5 Å². The van der Waals surface area contributed by atoms with Crippen molar-refractivity contribution >= 4 is 18.3 Å². The van der Waals surface area contributed by atoms with Crippen molar-refractivity contribution in [1.29, 1.82) is 0 Å². The lowest BCUT2D eigenvalue weighted by Gasteiger charge is -2.17. The summed E-state index contributed by atoms with van der Waals surface area (Å²) in [5, 5.41) is 0. The van der Waals surface area contributed by atoms with Crippen molar-refractivity contribution in [3.63, 3.8) is 0 Å². The van der Waals surface area contributed by atoms with Crippen molar-refractivity contribution in [2.45, 2.75) is 31.7 Å². The third-order valence-corrected chi connectivity index (χ3v) is 4.89. The van der Waals surface area contributed by atoms with Crippen LogP contribution in [-0.2, 0) is 4.79 Å². The SMILES string of the molecule is CCOc1ccccc1OCCCC(=O)N1C[C@@H](N)[C@H](c2ccccc2)C1.Cl. The van der Waals surface area contributed by atoms with Gasteiger partial charge in [0, 0.05) is 31.5 Å². The van der Waals surface area contributed by atoms with Crippen LogP contribution in [0.15, 0.2) is 54.6 Å². The molecule has 0 aromatic heterocycles. The molecule has 5 nitrogen and oxygen atoms in total. The van der Waals surface area contributed by atoms with Gasteiger partial charge < -0.3 is 20.1 Å². The van der Waals surface area contributed by atoms with E-state index in [4.69, 9.17) is 15.2 Å². The quantitative estimate of drug-likeness (QED) is 0.682. The van der Waals surface area contributed by atoms with Crippen LogP contribution in [-0.4, -0.2) is 43.2 Å². The monoisotopic (exact) mass is 404 g/mol. The van der Waals surface area contributed by atoms with Gasteiger partial charge >= 0.3 is 0 Å². The first kappa shape index (κ1) is 22.1. The third kappa shape index (κ3) is 5.63. The van der Waals surface area contributed by atoms with Gasteiger partial charge in [-0.25, -0.2) is 0 Å². The summed E-state index contributed by atoms with van der Waals surface area (Å²) in [6.07, 6.45) is 1.13. The van der Waals surface area contributed by atoms with E-state index in [-0.39, 0.29) is 30.3 Å². The Hall–Kier alpha value is -2.24. The van der Waals surface area contributed by atoms with Gasteiger partial charge in [0.25, 0.3) is 0 Å². The highest BCUT2D eigenvalue weighted by Gasteiger charge is 2.33. The minimum absolute atomic E-state index is 0. The number of rotatable bonds is 8. The van der Waals surface area contributed by atoms with Crippen molar-refractivity contribution in [2.75, 3.05) is 26.3 Å². The predicted molar refractivity (Wildman–Crippen MR) is 113 cm³/mol. The van der Waals surface area contributed by atoms with Crippen LogP contribution < -0.4 is 15.2 Å². The Balaban J connectivity index is 0.00000280. The molecule has 0 unspecified atom stereocenters. The second kappa shape index (κ2) is 10.9. The fourth-order valence-corrected chi connectivity index (χ4v) is 3.49. The molecule has 28 heavy (non-hydrogen) atoms. The topological polar surface area (TPSA) is 64.8 Å². The summed E-state index contributed by atoms with van der Waals surface area (Å²) in [6, 6.07) is 17.8. The van der Waals surface area contributed by atoms with Gasteiger partial charge in [-0.2, -0.15) is 0 Å². The number of benzene rings is 2. The molecule has 1 aliphatic heterocycles. The molecule has 0 spiro atoms. The van der Waals surface area contributed by atoms with Gasteiger partial charge in [0.05, 0.1) is 13.2 Å². The Kier molecular flexibility index (Phi) is 8.61. The molecular formula is C22H29ClN2O3. The Morgan fingerprint density at radius 3 is 2.36 bits per heavy atom. The lowest BCUT2D eigenvalue weighted by molar-refractivity contribution is -0.130. The van der Waals surface area contributed by atoms with Crippen LogP contribution in [0.2, 0.25) is 0 Å². The normalized spacial score (nSPS) is 18.4. The van der Waals surface area contributed by atoms with Crippen LogP contribution in [0.4, 0.5) is 0 Å². The number of nitrogens with two attached hydrogens (primary N) is 1. The summed E-state index contributed by atoms with van der Waals surface area (Å²) < 4.78 is 11.3. The van der Waals surface area contributed by atoms with Gasteiger partial charge in [-0.15, -0.1) is 12.4 Å². The first-order chi connectivity index (χ1) is 13.2. The van der Waals surface area contributed by atoms with Crippen LogP contribution in [0.1, 0.15) is 31.2 Å². The number of ether oxygens (including phenoxy) is 2. The highest BCUT2D eigenvalue weighted by Crippen LogP contribution is 2.28. The van der Waals surface area contributed by atoms with Gasteiger partial charge in [0.15, 0.2) is 11.5 Å². The minimum atomic E-state index is -0.00864. The molecule has 2 aromatic carbocycles. The van der Waals surface area contributed by atoms with E-state index >= 15 is 0 Å². The first-order valence-corrected chi connectivity index (χ1v) is 9.62. The highest BCUT2D eigenvalue weighted by atomic mass is 35.5. The zero-order valence-electron chi connectivity index (χ0n) is 16.3. The van der Waals surface area contributed by atoms with E-state index in [9.17, 15) is 4.79 Å². The molecular weight excluding hydrogens is 376 g/mol. The fourth-order valence-electron chi connectivity index (χ4n) is 3.49. The zero-order valence-corrected chi connectivity index (χ0v) is 17.1. The van der Waals surface area contributed by atoms with E-state index in [0.717, 1.165) is 11.5 Å². The number of amides is 1. The summed E-state index contributed by atoms with van der Waals surface area (Å²) in [4.78, 5) is 14.4. The van der Waals surface area contributed by atoms with E-state index in [1.165, 1.54) is 5.56 Å². The average molecular weight is 405 g/mol. The molecule has 6 heteroatoms. The smallest absolute Gasteiger partial charge is 0.222 e. The van der Waals surface area contributed by atoms with Crippen molar-refractivity contribution in [2.24, 2.45) is 5.73 Å². The molecule has 1 amide bonds. The Bertz CT molecular complexity index is 742. The summed E-state index contributed by atoms with van der Waals surface area (Å²) in [5.41, 5.74) is 7.49. The summed E-state index contributed by atoms with van der Waals surface area (Å²) in [5.74, 6) is 1.82. The second-order valence-electron chi connectivity index (χ2n) is 6.81. The summed E-state index contributed by atoms with van der Waals surface area (Å²) >= 11 is 0. The van der Waals surface area contributed by atoms with Crippen molar-refractivity contribution in [3.05, 3.63) is 60.2 Å². The number of halogens is 1. The predicted octanol–water partition coefficient (Wildman–Crippen LogP) is 3.62. The minimum Gasteiger partial charge on any atom is -0.490 e. The number of hydrogen-bond acceptors (Lipinski definition) is 4. The molecule has 1 saturated heterocycles. The first-order valence-electron chi connectivity index (χ1n) is 9.62. The number of hydrogen-bond donors (Lipinski definition) is 1. The summed E-state index contributed by atoms with van der Waals surface area (Å²) in [7, 11) is 0. The third-order valence-electron chi connectivity index (χ3n) is 4.89. The second-order valence-corrected chi connectivity index (χ2v) is 6.81. The van der Waals surface area contributed by atoms with Crippen molar-refractivity contribution in [1.82, 2.24) is 4.90 Å². The molecule has 0 bridgehead atoms. The van der Waals surface area contributed by atoms with Crippen molar-refractivity contribution in [3.8, 4) is 11.5 Å². The zero-order chi connectivity index (χ0) is 19.1. The Labute approximate surface area is 173 Å². The van der Waals surface area contributed by atoms with E-state index in [0.29, 0.717) is 39.1 Å². The Morgan fingerprint density at radius 2 is 1.68 bits per heavy atom. The maximum atomic E-state index is 12.5. The van der Waals surface area contributed by atoms with Crippen LogP contribution in [0, 0.1) is 0 Å². The number of nitrogens with zero attached hydrogens (tertiary/aromatic N) is 1. The molecule has 2 N–H and O–H groups in total. The number of para-hydroxylation sites is 2. The highest BCUT2D eigenvalue weighted by molar-refractivity contribution is 5.85. The average Bonchev–Trinajstić information content (AvgIpc) is 3.09. The molecule has 0 aliphatic carbocycles. The molecule has 2 atom stereocenters. The van der Waals surface area contributed by atoms with Gasteiger partial charge in [0.2, 0.25) is 5.91 Å². The van der Waals surface area contributed by atoms with Crippen LogP contribution in [0.25, 0.3) is 0 Å². The molecule has 0 radical (unpaired) electrons. The van der Waals surface area contributed by atoms with Gasteiger partial charge in [-0.3, -0.25) is 4.79 Å². The largest absolute Gasteiger partial charge is 0.490 e. The fraction of sp³-hybridized carbons (Fsp3) is 0.409. The molecule has 3 rings (SSSR count). The maximum absolute atomic E-state index is 12.5. The standard InChI is InChI=1S/C22H28N2O3.ClH/c1-2-26-20-11-6-7-12-21(20)27-14-8-13-22(25)24-15-18(19(23)16-24)17-9-4-3-5-10-17;/h3-7,9-12,18-19H,2,8,13-16,23H2,1H3;1H/t18-,19+;/m0./s1. The van der Waals surface area contributed by atoms with Gasteiger partial charge in [-0.1, -0.05) is 42.5 Å². The lowest BCUT2D eigenvalue weighted by Crippen LogP contribution is -2.32. The number of carbonyl (C=O) groups is 1. The molecule has 0 saturated carbocycles. The van der Waals surface area contributed by atoms with Gasteiger partial charge in [-0.05, 0) is 31.0 Å². The molecule has 152 valence electrons. The molecule has 2 aromatic rings. The van der Waals surface area contributed by atoms with E-state index in [1.54, 1.807) is 0 Å². The van der Waals surface area contributed by atoms with Crippen LogP contribution in [0.3, 0.4) is 0 Å². The molecule has 1 aliphatic rings. The lowest BCUT2D eigenvalue weighted by atomic mass is 9.95. The van der Waals surface area contributed by atoms with E-state index < -0.39 is 0 Å². The van der Waals surface area contributed by atoms with Gasteiger partial charge in [0.1, 0.15) is 0 Å².